The van der Waals surface area contributed by atoms with Crippen molar-refractivity contribution in [2.45, 2.75) is 5.41 Å². The molecule has 0 heterocycles. The molecule has 0 saturated carbocycles. The van der Waals surface area contributed by atoms with Crippen LogP contribution in [0.1, 0.15) is 22.3 Å². The van der Waals surface area contributed by atoms with Crippen molar-refractivity contribution in [1.82, 2.24) is 0 Å². The fraction of sp³-hybridized carbons (Fsp3) is 0.0149. The van der Waals surface area contributed by atoms with E-state index < -0.39 is 5.41 Å². The first-order chi connectivity index (χ1) is 33.8. The van der Waals surface area contributed by atoms with E-state index >= 15 is 0 Å². The summed E-state index contributed by atoms with van der Waals surface area (Å²) < 4.78 is 0. The molecule has 0 amide bonds. The zero-order valence-corrected chi connectivity index (χ0v) is 37.4. The van der Waals surface area contributed by atoms with Gasteiger partial charge in [-0.05, 0) is 118 Å². The van der Waals surface area contributed by atoms with Crippen LogP contribution in [0.3, 0.4) is 0 Å². The quantitative estimate of drug-likeness (QED) is 0.138. The molecular formula is C67H45N. The van der Waals surface area contributed by atoms with Crippen molar-refractivity contribution < 1.29 is 0 Å². The zero-order chi connectivity index (χ0) is 45.0. The number of fused-ring (bicyclic) bond motifs is 7. The van der Waals surface area contributed by atoms with Crippen molar-refractivity contribution in [2.75, 3.05) is 4.90 Å². The van der Waals surface area contributed by atoms with Crippen LogP contribution in [-0.4, -0.2) is 0 Å². The lowest BCUT2D eigenvalue weighted by Crippen LogP contribution is -2.28. The van der Waals surface area contributed by atoms with Gasteiger partial charge in [-0.25, -0.2) is 0 Å². The van der Waals surface area contributed by atoms with Gasteiger partial charge in [-0.1, -0.05) is 243 Å². The Labute approximate surface area is 397 Å². The molecule has 0 fully saturated rings. The highest BCUT2D eigenvalue weighted by Crippen LogP contribution is 2.58. The lowest BCUT2D eigenvalue weighted by atomic mass is 9.67. The molecule has 0 atom stereocenters. The molecule has 0 saturated heterocycles. The van der Waals surface area contributed by atoms with Gasteiger partial charge in [0.05, 0.1) is 11.1 Å². The average molecular weight is 864 g/mol. The van der Waals surface area contributed by atoms with E-state index in [2.05, 4.69) is 278 Å². The molecule has 12 aromatic carbocycles. The van der Waals surface area contributed by atoms with Gasteiger partial charge < -0.3 is 4.90 Å². The Bertz CT molecular complexity index is 3740. The van der Waals surface area contributed by atoms with E-state index in [1.54, 1.807) is 0 Å². The minimum absolute atomic E-state index is 0.582. The summed E-state index contributed by atoms with van der Waals surface area (Å²) in [5.74, 6) is 0. The summed E-state index contributed by atoms with van der Waals surface area (Å²) in [6.07, 6.45) is 0. The van der Waals surface area contributed by atoms with Crippen LogP contribution in [-0.2, 0) is 5.41 Å². The first-order valence-corrected chi connectivity index (χ1v) is 23.6. The molecule has 0 aliphatic heterocycles. The molecule has 0 bridgehead atoms. The maximum Gasteiger partial charge on any atom is 0.0714 e. The number of rotatable bonds is 8. The van der Waals surface area contributed by atoms with E-state index in [-0.39, 0.29) is 0 Å². The first-order valence-electron chi connectivity index (χ1n) is 23.6. The highest BCUT2D eigenvalue weighted by atomic mass is 15.1. The van der Waals surface area contributed by atoms with Gasteiger partial charge in [0, 0.05) is 22.3 Å². The van der Waals surface area contributed by atoms with Crippen LogP contribution in [0.5, 0.6) is 0 Å². The van der Waals surface area contributed by atoms with E-state index in [9.17, 15) is 0 Å². The Morgan fingerprint density at radius 3 is 1.38 bits per heavy atom. The molecule has 0 spiro atoms. The summed E-state index contributed by atoms with van der Waals surface area (Å²) in [6, 6.07) is 101. The van der Waals surface area contributed by atoms with Gasteiger partial charge in [0.2, 0.25) is 0 Å². The average Bonchev–Trinajstić information content (AvgIpc) is 3.72. The summed E-state index contributed by atoms with van der Waals surface area (Å²) in [7, 11) is 0. The maximum absolute atomic E-state index is 2.59. The van der Waals surface area contributed by atoms with Crippen LogP contribution in [0.25, 0.3) is 76.8 Å². The summed E-state index contributed by atoms with van der Waals surface area (Å²) >= 11 is 0. The second-order valence-corrected chi connectivity index (χ2v) is 17.9. The second kappa shape index (κ2) is 16.3. The lowest BCUT2D eigenvalue weighted by Gasteiger charge is -2.35. The zero-order valence-electron chi connectivity index (χ0n) is 37.4. The van der Waals surface area contributed by atoms with Crippen molar-refractivity contribution in [2.24, 2.45) is 0 Å². The van der Waals surface area contributed by atoms with Crippen LogP contribution < -0.4 is 4.90 Å². The van der Waals surface area contributed by atoms with Gasteiger partial charge in [0.1, 0.15) is 0 Å². The van der Waals surface area contributed by atoms with Crippen LogP contribution in [0.15, 0.2) is 273 Å². The monoisotopic (exact) mass is 863 g/mol. The molecular weight excluding hydrogens is 819 g/mol. The van der Waals surface area contributed by atoms with Crippen molar-refractivity contribution in [3.63, 3.8) is 0 Å². The SMILES string of the molecule is c1ccc(-c2cc(-c3ccccc3)cc(N(c3ccc4c(c3)C(c3ccccc3)(c3ccccc3)c3ccccc3-4)c3c(-c4cccc5ccccc45)c4ccccc4c4ccccc34)c2)cc1. The van der Waals surface area contributed by atoms with E-state index in [0.29, 0.717) is 0 Å². The van der Waals surface area contributed by atoms with Gasteiger partial charge in [-0.2, -0.15) is 0 Å². The fourth-order valence-electron chi connectivity index (χ4n) is 11.4. The predicted molar refractivity (Wildman–Crippen MR) is 287 cm³/mol. The largest absolute Gasteiger partial charge is 0.309 e. The van der Waals surface area contributed by atoms with Crippen molar-refractivity contribution in [1.29, 1.82) is 0 Å². The molecule has 1 nitrogen and oxygen atoms in total. The van der Waals surface area contributed by atoms with Gasteiger partial charge in [-0.15, -0.1) is 0 Å². The third-order valence-corrected chi connectivity index (χ3v) is 14.3. The fourth-order valence-corrected chi connectivity index (χ4v) is 11.4. The molecule has 1 heteroatoms. The van der Waals surface area contributed by atoms with E-state index in [1.807, 2.05) is 0 Å². The first kappa shape index (κ1) is 39.6. The van der Waals surface area contributed by atoms with Gasteiger partial charge in [0.25, 0.3) is 0 Å². The highest BCUT2D eigenvalue weighted by molar-refractivity contribution is 6.24. The molecule has 0 unspecified atom stereocenters. The van der Waals surface area contributed by atoms with E-state index in [0.717, 1.165) is 28.2 Å². The number of anilines is 3. The Morgan fingerprint density at radius 1 is 0.265 bits per heavy atom. The molecule has 1 aliphatic carbocycles. The van der Waals surface area contributed by atoms with Crippen molar-refractivity contribution >= 4 is 49.4 Å². The molecule has 12 aromatic rings. The molecule has 13 rings (SSSR count). The van der Waals surface area contributed by atoms with Crippen LogP contribution in [0.4, 0.5) is 17.1 Å². The van der Waals surface area contributed by atoms with Crippen molar-refractivity contribution in [3.05, 3.63) is 295 Å². The van der Waals surface area contributed by atoms with Gasteiger partial charge in [0.15, 0.2) is 0 Å². The molecule has 0 aromatic heterocycles. The number of nitrogens with zero attached hydrogens (tertiary/aromatic N) is 1. The molecule has 318 valence electrons. The van der Waals surface area contributed by atoms with Crippen LogP contribution in [0, 0.1) is 0 Å². The standard InChI is InChI=1S/C67H45N/c1-5-22-46(23-6-1)49-42-50(47-24-7-2-8-25-47)44-54(43-49)68(66-62-37-18-16-34-57(62)56-33-15-17-36-61(56)65(66)60-38-21-27-48-26-13-14-32-55(48)60)53-40-41-59-58-35-19-20-39-63(58)67(64(59)45-53,51-28-9-3-10-29-51)52-30-11-4-12-31-52/h1-45H. The van der Waals surface area contributed by atoms with E-state index in [4.69, 9.17) is 0 Å². The van der Waals surface area contributed by atoms with Crippen molar-refractivity contribution in [3.8, 4) is 44.5 Å². The topological polar surface area (TPSA) is 3.24 Å². The summed E-state index contributed by atoms with van der Waals surface area (Å²) in [5, 5.41) is 7.27. The molecule has 0 N–H and O–H groups in total. The normalized spacial score (nSPS) is 12.5. The van der Waals surface area contributed by atoms with Crippen LogP contribution in [0.2, 0.25) is 0 Å². The number of hydrogen-bond donors (Lipinski definition) is 0. The van der Waals surface area contributed by atoms with Gasteiger partial charge in [-0.3, -0.25) is 0 Å². The predicted octanol–water partition coefficient (Wildman–Crippen LogP) is 18.0. The maximum atomic E-state index is 2.59. The molecule has 1 aliphatic rings. The minimum atomic E-state index is -0.582. The minimum Gasteiger partial charge on any atom is -0.309 e. The summed E-state index contributed by atoms with van der Waals surface area (Å²) in [6.45, 7) is 0. The number of hydrogen-bond acceptors (Lipinski definition) is 1. The third kappa shape index (κ3) is 6.24. The van der Waals surface area contributed by atoms with E-state index in [1.165, 1.54) is 88.0 Å². The highest BCUT2D eigenvalue weighted by Gasteiger charge is 2.46. The Kier molecular flexibility index (Phi) is 9.47. The lowest BCUT2D eigenvalue weighted by molar-refractivity contribution is 0.768. The Hall–Kier alpha value is -8.78. The number of benzene rings is 12. The molecule has 0 radical (unpaired) electrons. The van der Waals surface area contributed by atoms with Gasteiger partial charge >= 0.3 is 0 Å². The third-order valence-electron chi connectivity index (χ3n) is 14.3. The van der Waals surface area contributed by atoms with Crippen LogP contribution >= 0.6 is 0 Å². The Balaban J connectivity index is 1.21. The Morgan fingerprint density at radius 2 is 0.735 bits per heavy atom. The summed E-state index contributed by atoms with van der Waals surface area (Å²) in [5.41, 5.74) is 17.3. The second-order valence-electron chi connectivity index (χ2n) is 17.9. The smallest absolute Gasteiger partial charge is 0.0714 e. The molecule has 68 heavy (non-hydrogen) atoms. The summed E-state index contributed by atoms with van der Waals surface area (Å²) in [4.78, 5) is 2.59.